The van der Waals surface area contributed by atoms with Gasteiger partial charge in [-0.05, 0) is 29.3 Å². The Labute approximate surface area is 127 Å². The lowest BCUT2D eigenvalue weighted by Gasteiger charge is -2.16. The van der Waals surface area contributed by atoms with E-state index in [0.717, 1.165) is 24.3 Å². The van der Waals surface area contributed by atoms with Gasteiger partial charge in [-0.3, -0.25) is 0 Å². The van der Waals surface area contributed by atoms with Gasteiger partial charge in [0, 0.05) is 12.1 Å². The number of ether oxygens (including phenoxy) is 1. The first-order valence-corrected chi connectivity index (χ1v) is 6.37. The first kappa shape index (κ1) is 17.1. The third-order valence-electron chi connectivity index (χ3n) is 3.05. The molecule has 0 atom stereocenters. The average molecular weight is 335 g/mol. The van der Waals surface area contributed by atoms with Crippen molar-refractivity contribution in [3.8, 4) is 16.9 Å². The van der Waals surface area contributed by atoms with Gasteiger partial charge in [0.2, 0.25) is 0 Å². The van der Waals surface area contributed by atoms with Crippen molar-refractivity contribution in [2.45, 2.75) is 19.1 Å². The molecule has 0 fully saturated rings. The molecule has 2 nitrogen and oxygen atoms in total. The summed E-state index contributed by atoms with van der Waals surface area (Å²) in [4.78, 5) is 0. The molecule has 124 valence electrons. The number of hydrogen-bond donors (Lipinski definition) is 1. The number of halogens is 6. The first-order valence-electron chi connectivity index (χ1n) is 6.37. The van der Waals surface area contributed by atoms with Crippen molar-refractivity contribution in [2.75, 3.05) is 0 Å². The van der Waals surface area contributed by atoms with Crippen LogP contribution in [-0.4, -0.2) is 6.36 Å². The molecule has 0 radical (unpaired) electrons. The largest absolute Gasteiger partial charge is 0.573 e. The average Bonchev–Trinajstić information content (AvgIpc) is 2.45. The Morgan fingerprint density at radius 3 is 2.13 bits per heavy atom. The fourth-order valence-corrected chi connectivity index (χ4v) is 2.11. The molecule has 23 heavy (non-hydrogen) atoms. The second-order valence-electron chi connectivity index (χ2n) is 4.62. The van der Waals surface area contributed by atoms with Crippen molar-refractivity contribution in [1.82, 2.24) is 0 Å². The lowest BCUT2D eigenvalue weighted by atomic mass is 9.97. The molecule has 2 N–H and O–H groups in total. The Kier molecular flexibility index (Phi) is 4.56. The summed E-state index contributed by atoms with van der Waals surface area (Å²) in [5, 5.41) is 0. The van der Waals surface area contributed by atoms with Crippen molar-refractivity contribution < 1.29 is 31.1 Å². The van der Waals surface area contributed by atoms with Crippen LogP contribution in [-0.2, 0) is 12.7 Å². The second-order valence-corrected chi connectivity index (χ2v) is 4.62. The van der Waals surface area contributed by atoms with Gasteiger partial charge in [0.05, 0.1) is 5.56 Å². The molecule has 2 aromatic carbocycles. The standard InChI is InChI=1S/C15H11F6NO/c16-14(17,18)12-4-2-1-3-11(12)9-5-6-13(10(7-9)8-22)23-15(19,20)21/h1-7H,8,22H2. The van der Waals surface area contributed by atoms with Crippen molar-refractivity contribution in [2.24, 2.45) is 5.73 Å². The number of hydrogen-bond acceptors (Lipinski definition) is 2. The lowest BCUT2D eigenvalue weighted by molar-refractivity contribution is -0.274. The smallest absolute Gasteiger partial charge is 0.405 e. The van der Waals surface area contributed by atoms with E-state index in [4.69, 9.17) is 5.73 Å². The summed E-state index contributed by atoms with van der Waals surface area (Å²) in [6.45, 7) is -0.312. The van der Waals surface area contributed by atoms with Crippen molar-refractivity contribution in [3.05, 3.63) is 53.6 Å². The molecule has 0 aliphatic carbocycles. The van der Waals surface area contributed by atoms with E-state index >= 15 is 0 Å². The van der Waals surface area contributed by atoms with E-state index in [1.807, 2.05) is 0 Å². The van der Waals surface area contributed by atoms with E-state index in [1.165, 1.54) is 18.2 Å². The van der Waals surface area contributed by atoms with Crippen LogP contribution in [0.15, 0.2) is 42.5 Å². The monoisotopic (exact) mass is 335 g/mol. The fraction of sp³-hybridized carbons (Fsp3) is 0.200. The van der Waals surface area contributed by atoms with Crippen LogP contribution in [0.3, 0.4) is 0 Å². The summed E-state index contributed by atoms with van der Waals surface area (Å²) in [5.74, 6) is -0.534. The van der Waals surface area contributed by atoms with Crippen LogP contribution in [0, 0.1) is 0 Å². The van der Waals surface area contributed by atoms with Crippen LogP contribution in [0.2, 0.25) is 0 Å². The Balaban J connectivity index is 2.51. The van der Waals surface area contributed by atoms with E-state index in [-0.39, 0.29) is 23.2 Å². The summed E-state index contributed by atoms with van der Waals surface area (Å²) < 4.78 is 79.7. The normalized spacial score (nSPS) is 12.3. The molecular formula is C15H11F6NO. The zero-order chi connectivity index (χ0) is 17.3. The molecule has 0 heterocycles. The molecule has 0 aromatic heterocycles. The van der Waals surface area contributed by atoms with Crippen LogP contribution in [0.25, 0.3) is 11.1 Å². The van der Waals surface area contributed by atoms with E-state index in [9.17, 15) is 26.3 Å². The maximum Gasteiger partial charge on any atom is 0.573 e. The molecule has 0 aliphatic rings. The highest BCUT2D eigenvalue weighted by atomic mass is 19.4. The molecule has 0 amide bonds. The molecule has 0 unspecified atom stereocenters. The van der Waals surface area contributed by atoms with Crippen molar-refractivity contribution in [3.63, 3.8) is 0 Å². The van der Waals surface area contributed by atoms with Crippen LogP contribution >= 0.6 is 0 Å². The van der Waals surface area contributed by atoms with E-state index in [2.05, 4.69) is 4.74 Å². The van der Waals surface area contributed by atoms with E-state index < -0.39 is 23.9 Å². The van der Waals surface area contributed by atoms with Gasteiger partial charge in [0.1, 0.15) is 5.75 Å². The number of benzene rings is 2. The fourth-order valence-electron chi connectivity index (χ4n) is 2.11. The maximum atomic E-state index is 13.0. The minimum Gasteiger partial charge on any atom is -0.405 e. The van der Waals surface area contributed by atoms with E-state index in [0.29, 0.717) is 0 Å². The van der Waals surface area contributed by atoms with Gasteiger partial charge in [0.25, 0.3) is 0 Å². The third kappa shape index (κ3) is 4.16. The Morgan fingerprint density at radius 1 is 0.913 bits per heavy atom. The van der Waals surface area contributed by atoms with Gasteiger partial charge < -0.3 is 10.5 Å². The zero-order valence-corrected chi connectivity index (χ0v) is 11.5. The number of nitrogens with two attached hydrogens (primary N) is 1. The molecule has 0 saturated heterocycles. The molecule has 0 bridgehead atoms. The van der Waals surface area contributed by atoms with Crippen molar-refractivity contribution >= 4 is 0 Å². The minimum atomic E-state index is -4.91. The third-order valence-corrected chi connectivity index (χ3v) is 3.05. The summed E-state index contributed by atoms with van der Waals surface area (Å²) in [6.07, 6.45) is -9.49. The van der Waals surface area contributed by atoms with Gasteiger partial charge in [-0.1, -0.05) is 24.3 Å². The lowest BCUT2D eigenvalue weighted by Crippen LogP contribution is -2.18. The molecule has 0 aliphatic heterocycles. The number of rotatable bonds is 3. The molecule has 0 saturated carbocycles. The highest BCUT2D eigenvalue weighted by Gasteiger charge is 2.34. The SMILES string of the molecule is NCc1cc(-c2ccccc2C(F)(F)F)ccc1OC(F)(F)F. The summed E-state index contributed by atoms with van der Waals surface area (Å²) in [5.41, 5.74) is 4.40. The van der Waals surface area contributed by atoms with E-state index in [1.54, 1.807) is 0 Å². The Bertz CT molecular complexity index is 693. The van der Waals surface area contributed by atoms with Gasteiger partial charge in [-0.2, -0.15) is 13.2 Å². The quantitative estimate of drug-likeness (QED) is 0.823. The van der Waals surface area contributed by atoms with Gasteiger partial charge >= 0.3 is 12.5 Å². The predicted molar refractivity (Wildman–Crippen MR) is 71.5 cm³/mol. The zero-order valence-electron chi connectivity index (χ0n) is 11.5. The van der Waals surface area contributed by atoms with Crippen LogP contribution in [0.5, 0.6) is 5.75 Å². The highest BCUT2D eigenvalue weighted by molar-refractivity contribution is 5.69. The molecule has 0 spiro atoms. The van der Waals surface area contributed by atoms with Gasteiger partial charge in [0.15, 0.2) is 0 Å². The van der Waals surface area contributed by atoms with Crippen LogP contribution < -0.4 is 10.5 Å². The predicted octanol–water partition coefficient (Wildman–Crippen LogP) is 4.73. The number of alkyl halides is 6. The second kappa shape index (κ2) is 6.11. The van der Waals surface area contributed by atoms with Crippen molar-refractivity contribution in [1.29, 1.82) is 0 Å². The summed E-state index contributed by atoms with van der Waals surface area (Å²) in [7, 11) is 0. The summed E-state index contributed by atoms with van der Waals surface area (Å²) in [6, 6.07) is 8.03. The Hall–Kier alpha value is -2.22. The topological polar surface area (TPSA) is 35.2 Å². The Morgan fingerprint density at radius 2 is 1.57 bits per heavy atom. The minimum absolute atomic E-state index is 0.0446. The van der Waals surface area contributed by atoms with Gasteiger partial charge in [-0.25, -0.2) is 0 Å². The van der Waals surface area contributed by atoms with Gasteiger partial charge in [-0.15, -0.1) is 13.2 Å². The molecule has 8 heteroatoms. The summed E-state index contributed by atoms with van der Waals surface area (Å²) >= 11 is 0. The maximum absolute atomic E-state index is 13.0. The molecule has 2 rings (SSSR count). The van der Waals surface area contributed by atoms with Crippen LogP contribution in [0.1, 0.15) is 11.1 Å². The highest BCUT2D eigenvalue weighted by Crippen LogP contribution is 2.38. The molecular weight excluding hydrogens is 324 g/mol. The molecule has 2 aromatic rings. The van der Waals surface area contributed by atoms with Crippen LogP contribution in [0.4, 0.5) is 26.3 Å². The first-order chi connectivity index (χ1) is 10.6.